The molecule has 0 bridgehead atoms. The van der Waals surface area contributed by atoms with Crippen LogP contribution in [0.15, 0.2) is 90.9 Å². The largest absolute Gasteiger partial charge is 0.426 e. The number of allylic oxidation sites excluding steroid dienone is 5. The summed E-state index contributed by atoms with van der Waals surface area (Å²) in [5.41, 5.74) is 12.9. The molecule has 42 heavy (non-hydrogen) atoms. The summed E-state index contributed by atoms with van der Waals surface area (Å²) < 4.78 is 7.18. The van der Waals surface area contributed by atoms with Crippen molar-refractivity contribution >= 4 is 12.5 Å². The van der Waals surface area contributed by atoms with Crippen LogP contribution in [-0.4, -0.2) is 12.5 Å². The summed E-state index contributed by atoms with van der Waals surface area (Å²) in [5.74, 6) is 0. The summed E-state index contributed by atoms with van der Waals surface area (Å²) in [4.78, 5) is 0. The molecule has 1 fully saturated rings. The second-order valence-corrected chi connectivity index (χ2v) is 15.9. The molecule has 0 unspecified atom stereocenters. The summed E-state index contributed by atoms with van der Waals surface area (Å²) in [6, 6.07) is 23.6. The molecule has 0 N–H and O–H groups in total. The molecule has 0 atom stereocenters. The Bertz CT molecular complexity index is 1580. The monoisotopic (exact) mass is 554 g/mol. The van der Waals surface area contributed by atoms with Gasteiger partial charge in [0.25, 0.3) is 0 Å². The van der Waals surface area contributed by atoms with Crippen LogP contribution < -0.4 is 0 Å². The minimum Gasteiger partial charge on any atom is -0.426 e. The van der Waals surface area contributed by atoms with Crippen LogP contribution in [0.1, 0.15) is 103 Å². The second-order valence-electron chi connectivity index (χ2n) is 15.9. The Labute approximate surface area is 254 Å². The Morgan fingerprint density at radius 3 is 1.76 bits per heavy atom. The summed E-state index contributed by atoms with van der Waals surface area (Å²) in [6.45, 7) is 27.2. The van der Waals surface area contributed by atoms with Gasteiger partial charge in [-0.1, -0.05) is 141 Å². The van der Waals surface area contributed by atoms with Gasteiger partial charge in [0.15, 0.2) is 0 Å². The molecule has 0 saturated carbocycles. The van der Waals surface area contributed by atoms with E-state index >= 15 is 0 Å². The van der Waals surface area contributed by atoms with Crippen molar-refractivity contribution in [2.45, 2.75) is 97.4 Å². The van der Waals surface area contributed by atoms with E-state index in [1.54, 1.807) is 0 Å². The van der Waals surface area contributed by atoms with Crippen molar-refractivity contribution in [1.29, 1.82) is 0 Å². The lowest BCUT2D eigenvalue weighted by molar-refractivity contribution is 0.0369. The third kappa shape index (κ3) is 4.01. The van der Waals surface area contributed by atoms with Crippen LogP contribution >= 0.6 is 0 Å². The average molecular weight is 555 g/mol. The number of benzene rings is 3. The predicted octanol–water partition coefficient (Wildman–Crippen LogP) is 10.5. The molecule has 0 aromatic heterocycles. The topological polar surface area (TPSA) is 9.23 Å². The first kappa shape index (κ1) is 29.0. The quantitative estimate of drug-likeness (QED) is 0.231. The smallest absolute Gasteiger partial charge is 0.326 e. The summed E-state index contributed by atoms with van der Waals surface area (Å²) in [7, 11) is 0. The van der Waals surface area contributed by atoms with E-state index in [0.29, 0.717) is 0 Å². The highest BCUT2D eigenvalue weighted by molar-refractivity contribution is 6.64. The molecule has 2 heteroatoms. The van der Waals surface area contributed by atoms with Crippen molar-refractivity contribution in [3.05, 3.63) is 124 Å². The highest BCUT2D eigenvalue weighted by Gasteiger charge is 2.60. The minimum atomic E-state index is -0.439. The molecule has 1 spiro atoms. The van der Waals surface area contributed by atoms with Crippen LogP contribution in [0.3, 0.4) is 0 Å². The highest BCUT2D eigenvalue weighted by atomic mass is 16.5. The molecule has 3 aromatic rings. The fraction of sp³-hybridized carbons (Fsp3) is 0.400. The number of fused-ring (bicyclic) bond motifs is 7. The Morgan fingerprint density at radius 1 is 0.738 bits per heavy atom. The average Bonchev–Trinajstić information content (AvgIpc) is 3.44. The maximum Gasteiger partial charge on any atom is 0.326 e. The first-order valence-electron chi connectivity index (χ1n) is 15.7. The maximum atomic E-state index is 7.18. The van der Waals surface area contributed by atoms with Crippen molar-refractivity contribution in [2.75, 3.05) is 0 Å². The van der Waals surface area contributed by atoms with Crippen molar-refractivity contribution in [2.24, 2.45) is 5.41 Å². The van der Waals surface area contributed by atoms with Gasteiger partial charge in [-0.05, 0) is 92.0 Å². The molecule has 1 heterocycles. The minimum absolute atomic E-state index is 0.0257. The Balaban J connectivity index is 1.80. The molecule has 2 aliphatic carbocycles. The van der Waals surface area contributed by atoms with Gasteiger partial charge >= 0.3 is 6.92 Å². The summed E-state index contributed by atoms with van der Waals surface area (Å²) in [6.07, 6.45) is 7.26. The van der Waals surface area contributed by atoms with Gasteiger partial charge in [-0.2, -0.15) is 0 Å². The van der Waals surface area contributed by atoms with Crippen LogP contribution in [0.5, 0.6) is 0 Å². The van der Waals surface area contributed by atoms with Crippen LogP contribution in [0.4, 0.5) is 0 Å². The molecule has 216 valence electrons. The van der Waals surface area contributed by atoms with E-state index in [-0.39, 0.29) is 28.8 Å². The lowest BCUT2D eigenvalue weighted by atomic mass is 9.45. The van der Waals surface area contributed by atoms with E-state index in [0.717, 1.165) is 6.32 Å². The standard InChI is InChI=1S/C40H47BO/c1-12-13-16-31-28-17-14-15-18-32(28)40(35(31)41-25-38(8,9)39(10,11)42-41)33-23-26(36(2,3)4)19-21-29(33)30-22-20-27(24-34(30)40)37(5,6)7/h12-24H,1,25H2,2-11H3/b16-13-. The zero-order valence-electron chi connectivity index (χ0n) is 27.4. The van der Waals surface area contributed by atoms with Crippen LogP contribution in [0.25, 0.3) is 16.7 Å². The second kappa shape index (κ2) is 9.20. The third-order valence-electron chi connectivity index (χ3n) is 10.7. The lowest BCUT2D eigenvalue weighted by Crippen LogP contribution is -2.38. The Kier molecular flexibility index (Phi) is 6.35. The molecule has 1 aliphatic heterocycles. The van der Waals surface area contributed by atoms with E-state index in [1.165, 1.54) is 55.6 Å². The molecule has 0 amide bonds. The van der Waals surface area contributed by atoms with Gasteiger partial charge in [0.1, 0.15) is 0 Å². The van der Waals surface area contributed by atoms with E-state index in [2.05, 4.69) is 149 Å². The van der Waals surface area contributed by atoms with Gasteiger partial charge in [0, 0.05) is 0 Å². The first-order chi connectivity index (χ1) is 19.5. The summed E-state index contributed by atoms with van der Waals surface area (Å²) in [5, 5.41) is 0. The zero-order valence-corrected chi connectivity index (χ0v) is 27.4. The van der Waals surface area contributed by atoms with Crippen molar-refractivity contribution in [3.8, 4) is 11.1 Å². The molecule has 1 saturated heterocycles. The number of hydrogen-bond acceptors (Lipinski definition) is 1. The highest BCUT2D eigenvalue weighted by Crippen LogP contribution is 2.65. The molecule has 1 nitrogen and oxygen atoms in total. The maximum absolute atomic E-state index is 7.18. The van der Waals surface area contributed by atoms with Crippen LogP contribution in [-0.2, 0) is 20.9 Å². The fourth-order valence-electron chi connectivity index (χ4n) is 7.56. The van der Waals surface area contributed by atoms with Crippen molar-refractivity contribution < 1.29 is 4.65 Å². The van der Waals surface area contributed by atoms with Gasteiger partial charge in [0.2, 0.25) is 0 Å². The number of hydrogen-bond donors (Lipinski definition) is 0. The molecule has 0 radical (unpaired) electrons. The lowest BCUT2D eigenvalue weighted by Gasteiger charge is -2.36. The molecular formula is C40H47BO. The first-order valence-corrected chi connectivity index (χ1v) is 15.7. The number of rotatable bonds is 3. The van der Waals surface area contributed by atoms with E-state index in [1.807, 2.05) is 6.08 Å². The molecule has 6 rings (SSSR count). The zero-order chi connectivity index (χ0) is 30.5. The fourth-order valence-corrected chi connectivity index (χ4v) is 7.56. The van der Waals surface area contributed by atoms with Gasteiger partial charge in [0.05, 0.1) is 11.0 Å². The molecule has 3 aromatic carbocycles. The predicted molar refractivity (Wildman–Crippen MR) is 181 cm³/mol. The van der Waals surface area contributed by atoms with E-state index < -0.39 is 5.41 Å². The van der Waals surface area contributed by atoms with Crippen molar-refractivity contribution in [3.63, 3.8) is 0 Å². The van der Waals surface area contributed by atoms with Gasteiger partial charge < -0.3 is 4.65 Å². The summed E-state index contributed by atoms with van der Waals surface area (Å²) >= 11 is 0. The van der Waals surface area contributed by atoms with Crippen LogP contribution in [0.2, 0.25) is 6.32 Å². The molecular weight excluding hydrogens is 507 g/mol. The Hall–Kier alpha value is -3.10. The Morgan fingerprint density at radius 2 is 1.29 bits per heavy atom. The SMILES string of the molecule is C=C/C=C\C1=C(B2CC(C)(C)C(C)(C)O2)C2(c3ccccc31)c1cc(C(C)(C)C)ccc1-c1ccc(C(C)(C)C)cc12. The van der Waals surface area contributed by atoms with Crippen molar-refractivity contribution in [1.82, 2.24) is 0 Å². The van der Waals surface area contributed by atoms with Gasteiger partial charge in [-0.25, -0.2) is 0 Å². The van der Waals surface area contributed by atoms with Gasteiger partial charge in [-0.3, -0.25) is 0 Å². The third-order valence-corrected chi connectivity index (χ3v) is 10.7. The normalized spacial score (nSPS) is 19.9. The van der Waals surface area contributed by atoms with Crippen LogP contribution in [0, 0.1) is 5.41 Å². The molecule has 3 aliphatic rings. The van der Waals surface area contributed by atoms with E-state index in [4.69, 9.17) is 4.65 Å². The van der Waals surface area contributed by atoms with E-state index in [9.17, 15) is 0 Å². The van der Waals surface area contributed by atoms with Gasteiger partial charge in [-0.15, -0.1) is 0 Å².